The van der Waals surface area contributed by atoms with Crippen molar-refractivity contribution in [2.24, 2.45) is 0 Å². The normalized spacial score (nSPS) is 3.22. The van der Waals surface area contributed by atoms with E-state index in [9.17, 15) is 0 Å². The molecular formula is C4H4CuIN2Zn. The molecule has 0 radical (unpaired) electrons. The summed E-state index contributed by atoms with van der Waals surface area (Å²) >= 11 is 3.62. The molecule has 5 heteroatoms. The van der Waals surface area contributed by atoms with Gasteiger partial charge in [0.05, 0.1) is 0 Å². The van der Waals surface area contributed by atoms with Gasteiger partial charge in [-0.25, -0.2) is 5.26 Å². The number of hydrogen-bond donors (Lipinski definition) is 0. The Morgan fingerprint density at radius 3 is 1.67 bits per heavy atom. The molecule has 0 rings (SSSR count). The Morgan fingerprint density at radius 2 is 1.67 bits per heavy atom. The van der Waals surface area contributed by atoms with Gasteiger partial charge in [-0.3, -0.25) is 0 Å². The van der Waals surface area contributed by atoms with Gasteiger partial charge in [-0.1, -0.05) is 6.42 Å². The van der Waals surface area contributed by atoms with Crippen LogP contribution in [0.1, 0.15) is 6.42 Å². The molecule has 0 aliphatic rings. The van der Waals surface area contributed by atoms with Crippen molar-refractivity contribution in [2.45, 2.75) is 6.42 Å². The first-order chi connectivity index (χ1) is 3.91. The summed E-state index contributed by atoms with van der Waals surface area (Å²) < 4.78 is 0. The molecule has 50 valence electrons. The van der Waals surface area contributed by atoms with E-state index in [1.54, 1.807) is 0 Å². The van der Waals surface area contributed by atoms with Crippen LogP contribution in [0.15, 0.2) is 0 Å². The predicted molar refractivity (Wildman–Crippen MR) is 34.6 cm³/mol. The summed E-state index contributed by atoms with van der Waals surface area (Å²) in [5.41, 5.74) is 0. The molecule has 0 aliphatic carbocycles. The van der Waals surface area contributed by atoms with Crippen LogP contribution in [0.2, 0.25) is 0 Å². The van der Waals surface area contributed by atoms with Gasteiger partial charge in [0.25, 0.3) is 0 Å². The van der Waals surface area contributed by atoms with Gasteiger partial charge in [-0.15, -0.1) is 0 Å². The molecule has 0 fully saturated rings. The van der Waals surface area contributed by atoms with Gasteiger partial charge in [0.1, 0.15) is 0 Å². The van der Waals surface area contributed by atoms with Gasteiger partial charge in [0.2, 0.25) is 0 Å². The van der Waals surface area contributed by atoms with Crippen LogP contribution in [0, 0.1) is 30.1 Å². The quantitative estimate of drug-likeness (QED) is 0.384. The predicted octanol–water partition coefficient (Wildman–Crippen LogP) is 1.71. The van der Waals surface area contributed by atoms with Crippen LogP contribution in [0.4, 0.5) is 0 Å². The van der Waals surface area contributed by atoms with Crippen molar-refractivity contribution in [2.75, 3.05) is 0 Å². The van der Waals surface area contributed by atoms with Crippen LogP contribution in [-0.2, 0) is 31.9 Å². The summed E-state index contributed by atoms with van der Waals surface area (Å²) in [4.78, 5) is 0. The minimum atomic E-state index is 0. The molecule has 0 aromatic carbocycles. The standard InChI is InChI=1S/C3H4N.CN.Cu.HI.Zn/c1-2-3-4;1-2;;;/h1-2H2;;;1H;/q2*-1;+1;;+2/p-1. The summed E-state index contributed by atoms with van der Waals surface area (Å²) in [5.74, 6) is 0. The van der Waals surface area contributed by atoms with Crippen molar-refractivity contribution in [3.05, 3.63) is 13.5 Å². The third-order valence-electron chi connectivity index (χ3n) is 0.112. The Kier molecular flexibility index (Phi) is 168. The van der Waals surface area contributed by atoms with Crippen molar-refractivity contribution in [1.29, 1.82) is 10.5 Å². The molecule has 9 heavy (non-hydrogen) atoms. The molecule has 0 bridgehead atoms. The number of halogens is 1. The van der Waals surface area contributed by atoms with Crippen molar-refractivity contribution in [3.8, 4) is 6.07 Å². The summed E-state index contributed by atoms with van der Waals surface area (Å²) in [7, 11) is 0. The zero-order chi connectivity index (χ0) is 7.41. The Labute approximate surface area is 87.3 Å². The number of nitrogens with zero attached hydrogens (tertiary/aromatic N) is 2. The first-order valence-corrected chi connectivity index (χ1v) is 10.6. The zero-order valence-corrected chi connectivity index (χ0v) is 10.8. The Bertz CT molecular complexity index is 70.7. The molecule has 0 spiro atoms. The number of rotatable bonds is 0. The van der Waals surface area contributed by atoms with E-state index in [1.807, 2.05) is 6.07 Å². The molecular weight excluding hydrogens is 332 g/mol. The summed E-state index contributed by atoms with van der Waals surface area (Å²) in [6, 6.07) is 1.82. The average molecular weight is 336 g/mol. The van der Waals surface area contributed by atoms with Crippen LogP contribution in [0.25, 0.3) is 0 Å². The zero-order valence-electron chi connectivity index (χ0n) is 4.70. The van der Waals surface area contributed by atoms with Gasteiger partial charge in [-0.05, 0) is 0 Å². The van der Waals surface area contributed by atoms with Crippen LogP contribution in [0.3, 0.4) is 0 Å². The van der Waals surface area contributed by atoms with Crippen molar-refractivity contribution in [1.82, 2.24) is 0 Å². The van der Waals surface area contributed by atoms with Gasteiger partial charge >= 0.3 is 51.6 Å². The molecule has 0 saturated carbocycles. The van der Waals surface area contributed by atoms with Crippen LogP contribution < -0.4 is 0 Å². The summed E-state index contributed by atoms with van der Waals surface area (Å²) in [6.45, 7) is 7.99. The topological polar surface area (TPSA) is 47.6 Å². The second-order valence-corrected chi connectivity index (χ2v) is 0.408. The van der Waals surface area contributed by atoms with Gasteiger partial charge in [-0.2, -0.15) is 0 Å². The minimum absolute atomic E-state index is 0. The molecule has 0 aromatic heterocycles. The molecule has 0 atom stereocenters. The SMILES string of the molecule is [C-]#N.[CH2-]CC#N.[Cu+].[Zn+][I]. The maximum absolute atomic E-state index is 7.56. The maximum atomic E-state index is 7.56. The van der Waals surface area contributed by atoms with Gasteiger partial charge < -0.3 is 18.8 Å². The second-order valence-electron chi connectivity index (χ2n) is 0.408. The first kappa shape index (κ1) is 22.5. The van der Waals surface area contributed by atoms with Crippen molar-refractivity contribution < 1.29 is 31.9 Å². The molecule has 0 heterocycles. The first-order valence-electron chi connectivity index (χ1n) is 1.57. The fourth-order valence-electron chi connectivity index (χ4n) is 0. The van der Waals surface area contributed by atoms with Crippen molar-refractivity contribution >= 4 is 19.8 Å². The van der Waals surface area contributed by atoms with E-state index in [0.29, 0.717) is 6.42 Å². The molecule has 0 saturated heterocycles. The molecule has 0 aromatic rings. The van der Waals surface area contributed by atoms with E-state index in [4.69, 9.17) is 17.1 Å². The monoisotopic (exact) mass is 334 g/mol. The van der Waals surface area contributed by atoms with Crippen LogP contribution in [-0.4, -0.2) is 0 Å². The molecule has 0 aliphatic heterocycles. The summed E-state index contributed by atoms with van der Waals surface area (Å²) in [5, 5.41) is 13.8. The number of hydrogen-bond acceptors (Lipinski definition) is 2. The van der Waals surface area contributed by atoms with Gasteiger partial charge in [0.15, 0.2) is 0 Å². The van der Waals surface area contributed by atoms with Crippen LogP contribution in [0.5, 0.6) is 0 Å². The van der Waals surface area contributed by atoms with E-state index in [1.165, 1.54) is 14.8 Å². The molecule has 0 N–H and O–H groups in total. The molecule has 2 nitrogen and oxygen atoms in total. The van der Waals surface area contributed by atoms with E-state index in [2.05, 4.69) is 26.7 Å². The summed E-state index contributed by atoms with van der Waals surface area (Å²) in [6.07, 6.45) is 0.375. The van der Waals surface area contributed by atoms with E-state index in [-0.39, 0.29) is 17.1 Å². The average Bonchev–Trinajstić information content (AvgIpc) is 1.96. The fourth-order valence-corrected chi connectivity index (χ4v) is 0. The fraction of sp³-hybridized carbons (Fsp3) is 0.250. The Morgan fingerprint density at radius 1 is 1.56 bits per heavy atom. The third-order valence-corrected chi connectivity index (χ3v) is 0.112. The third kappa shape index (κ3) is 121. The van der Waals surface area contributed by atoms with E-state index < -0.39 is 0 Å². The number of nitriles is 1. The van der Waals surface area contributed by atoms with E-state index >= 15 is 0 Å². The molecule has 0 amide bonds. The van der Waals surface area contributed by atoms with Crippen molar-refractivity contribution in [3.63, 3.8) is 0 Å². The Balaban J connectivity index is -0.0000000221. The van der Waals surface area contributed by atoms with Gasteiger partial charge in [0, 0.05) is 6.07 Å². The van der Waals surface area contributed by atoms with Crippen LogP contribution >= 0.6 is 19.8 Å². The van der Waals surface area contributed by atoms with E-state index in [0.717, 1.165) is 0 Å². The molecule has 0 unspecified atom stereocenters. The Hall–Kier alpha value is 0.853. The second kappa shape index (κ2) is 67.1.